The first kappa shape index (κ1) is 16.0. The van der Waals surface area contributed by atoms with Gasteiger partial charge in [0.25, 0.3) is 0 Å². The zero-order chi connectivity index (χ0) is 15.4. The molecule has 3 rings (SSSR count). The highest BCUT2D eigenvalue weighted by atomic mass is 32.2. The Balaban J connectivity index is 1.42. The molecule has 0 saturated carbocycles. The van der Waals surface area contributed by atoms with Crippen molar-refractivity contribution >= 4 is 27.7 Å². The highest BCUT2D eigenvalue weighted by Crippen LogP contribution is 2.23. The summed E-state index contributed by atoms with van der Waals surface area (Å²) in [5.41, 5.74) is 0. The molecule has 0 aromatic heterocycles. The van der Waals surface area contributed by atoms with Gasteiger partial charge in [-0.05, 0) is 12.1 Å². The van der Waals surface area contributed by atoms with Crippen LogP contribution in [0.3, 0.4) is 0 Å². The standard InChI is InChI=1S/C16H23N3OS2/c1-14-13-17-16(21-14)19-9-7-18(8-10-19)11-12-22(20)15-5-3-2-4-6-15/h2-6,14H,7-13H2,1H3/t14-,22+/m1/s1. The van der Waals surface area contributed by atoms with Crippen LogP contribution in [-0.2, 0) is 10.8 Å². The number of hydrogen-bond acceptors (Lipinski definition) is 5. The number of aliphatic imine (C=N–C) groups is 1. The van der Waals surface area contributed by atoms with Crippen LogP contribution in [0.2, 0.25) is 0 Å². The van der Waals surface area contributed by atoms with Crippen molar-refractivity contribution < 1.29 is 4.21 Å². The highest BCUT2D eigenvalue weighted by molar-refractivity contribution is 8.14. The fraction of sp³-hybridized carbons (Fsp3) is 0.562. The van der Waals surface area contributed by atoms with Crippen LogP contribution < -0.4 is 0 Å². The van der Waals surface area contributed by atoms with Crippen LogP contribution in [0.15, 0.2) is 40.2 Å². The second kappa shape index (κ2) is 7.62. The maximum absolute atomic E-state index is 12.2. The van der Waals surface area contributed by atoms with Crippen LogP contribution in [0.25, 0.3) is 0 Å². The summed E-state index contributed by atoms with van der Waals surface area (Å²) in [7, 11) is -0.884. The van der Waals surface area contributed by atoms with Crippen LogP contribution in [0.1, 0.15) is 6.92 Å². The second-order valence-electron chi connectivity index (χ2n) is 5.74. The first-order chi connectivity index (χ1) is 10.7. The number of thioether (sulfide) groups is 1. The van der Waals surface area contributed by atoms with Crippen LogP contribution >= 0.6 is 11.8 Å². The van der Waals surface area contributed by atoms with Gasteiger partial charge in [-0.2, -0.15) is 0 Å². The van der Waals surface area contributed by atoms with E-state index in [-0.39, 0.29) is 0 Å². The SMILES string of the molecule is C[C@@H]1CN=C(N2CCN(CC[S@](=O)c3ccccc3)CC2)S1. The predicted molar refractivity (Wildman–Crippen MR) is 95.1 cm³/mol. The van der Waals surface area contributed by atoms with Gasteiger partial charge in [0.05, 0.1) is 17.3 Å². The molecule has 1 saturated heterocycles. The molecule has 120 valence electrons. The molecule has 0 N–H and O–H groups in total. The van der Waals surface area contributed by atoms with Crippen molar-refractivity contribution in [3.05, 3.63) is 30.3 Å². The lowest BCUT2D eigenvalue weighted by molar-refractivity contribution is 0.193. The minimum atomic E-state index is -0.884. The fourth-order valence-corrected chi connectivity index (χ4v) is 4.81. The van der Waals surface area contributed by atoms with E-state index < -0.39 is 10.8 Å². The zero-order valence-corrected chi connectivity index (χ0v) is 14.6. The molecule has 6 heteroatoms. The van der Waals surface area contributed by atoms with Crippen molar-refractivity contribution in [1.82, 2.24) is 9.80 Å². The summed E-state index contributed by atoms with van der Waals surface area (Å²) in [4.78, 5) is 10.4. The van der Waals surface area contributed by atoms with E-state index in [4.69, 9.17) is 0 Å². The Morgan fingerprint density at radius 2 is 1.95 bits per heavy atom. The Labute approximate surface area is 139 Å². The van der Waals surface area contributed by atoms with Gasteiger partial charge >= 0.3 is 0 Å². The third-order valence-corrected chi connectivity index (χ3v) is 6.53. The summed E-state index contributed by atoms with van der Waals surface area (Å²) < 4.78 is 12.2. The molecule has 0 unspecified atom stereocenters. The van der Waals surface area contributed by atoms with E-state index >= 15 is 0 Å². The van der Waals surface area contributed by atoms with Crippen LogP contribution in [-0.4, -0.2) is 69.4 Å². The molecule has 1 aromatic carbocycles. The predicted octanol–water partition coefficient (Wildman–Crippen LogP) is 1.90. The number of piperazine rings is 1. The fourth-order valence-electron chi connectivity index (χ4n) is 2.70. The van der Waals surface area contributed by atoms with Gasteiger partial charge in [-0.15, -0.1) is 0 Å². The lowest BCUT2D eigenvalue weighted by Gasteiger charge is -2.35. The quantitative estimate of drug-likeness (QED) is 0.841. The molecule has 0 aliphatic carbocycles. The van der Waals surface area contributed by atoms with Gasteiger partial charge in [-0.1, -0.05) is 36.9 Å². The Morgan fingerprint density at radius 3 is 2.59 bits per heavy atom. The Morgan fingerprint density at radius 1 is 1.23 bits per heavy atom. The molecule has 2 aliphatic heterocycles. The number of benzene rings is 1. The summed E-state index contributed by atoms with van der Waals surface area (Å²) in [5.74, 6) is 0.719. The molecule has 1 fully saturated rings. The molecule has 2 heterocycles. The smallest absolute Gasteiger partial charge is 0.159 e. The van der Waals surface area contributed by atoms with Gasteiger partial charge < -0.3 is 4.90 Å². The van der Waals surface area contributed by atoms with E-state index in [1.807, 2.05) is 42.1 Å². The normalized spacial score (nSPS) is 24.3. The third-order valence-electron chi connectivity index (χ3n) is 4.03. The largest absolute Gasteiger partial charge is 0.349 e. The van der Waals surface area contributed by atoms with Gasteiger partial charge in [0.2, 0.25) is 0 Å². The van der Waals surface area contributed by atoms with Crippen LogP contribution in [0, 0.1) is 0 Å². The molecule has 2 atom stereocenters. The lowest BCUT2D eigenvalue weighted by Crippen LogP contribution is -2.48. The summed E-state index contributed by atoms with van der Waals surface area (Å²) in [6, 6.07) is 9.76. The van der Waals surface area contributed by atoms with E-state index in [9.17, 15) is 4.21 Å². The number of rotatable bonds is 4. The van der Waals surface area contributed by atoms with Gasteiger partial charge in [0, 0.05) is 48.6 Å². The molecular weight excluding hydrogens is 314 g/mol. The Bertz CT molecular complexity index is 542. The van der Waals surface area contributed by atoms with Crippen molar-refractivity contribution in [1.29, 1.82) is 0 Å². The molecule has 0 bridgehead atoms. The Hall–Kier alpha value is -0.850. The Kier molecular flexibility index (Phi) is 5.55. The summed E-state index contributed by atoms with van der Waals surface area (Å²) in [6.07, 6.45) is 0. The maximum Gasteiger partial charge on any atom is 0.159 e. The molecular formula is C16H23N3OS2. The van der Waals surface area contributed by atoms with Gasteiger partial charge in [0.15, 0.2) is 5.17 Å². The third kappa shape index (κ3) is 4.12. The van der Waals surface area contributed by atoms with Gasteiger partial charge in [-0.3, -0.25) is 14.1 Å². The number of hydrogen-bond donors (Lipinski definition) is 0. The molecule has 4 nitrogen and oxygen atoms in total. The molecule has 1 aromatic rings. The number of nitrogens with zero attached hydrogens (tertiary/aromatic N) is 3. The van der Waals surface area contributed by atoms with E-state index in [1.165, 1.54) is 5.17 Å². The molecule has 2 aliphatic rings. The van der Waals surface area contributed by atoms with Crippen molar-refractivity contribution in [2.75, 3.05) is 45.0 Å². The van der Waals surface area contributed by atoms with Crippen molar-refractivity contribution in [3.8, 4) is 0 Å². The van der Waals surface area contributed by atoms with E-state index in [0.29, 0.717) is 5.25 Å². The minimum absolute atomic E-state index is 0.626. The van der Waals surface area contributed by atoms with E-state index in [2.05, 4.69) is 21.7 Å². The first-order valence-corrected chi connectivity index (χ1v) is 10.0. The molecule has 0 amide bonds. The topological polar surface area (TPSA) is 35.9 Å². The molecule has 0 radical (unpaired) electrons. The molecule has 0 spiro atoms. The lowest BCUT2D eigenvalue weighted by atomic mass is 10.3. The van der Waals surface area contributed by atoms with Crippen LogP contribution in [0.5, 0.6) is 0 Å². The van der Waals surface area contributed by atoms with Crippen LogP contribution in [0.4, 0.5) is 0 Å². The van der Waals surface area contributed by atoms with E-state index in [1.54, 1.807) is 0 Å². The summed E-state index contributed by atoms with van der Waals surface area (Å²) >= 11 is 1.90. The average molecular weight is 338 g/mol. The monoisotopic (exact) mass is 337 g/mol. The van der Waals surface area contributed by atoms with Crippen molar-refractivity contribution in [2.24, 2.45) is 4.99 Å². The minimum Gasteiger partial charge on any atom is -0.349 e. The average Bonchev–Trinajstić information content (AvgIpc) is 3.00. The van der Waals surface area contributed by atoms with Gasteiger partial charge in [-0.25, -0.2) is 0 Å². The number of amidine groups is 1. The highest BCUT2D eigenvalue weighted by Gasteiger charge is 2.24. The summed E-state index contributed by atoms with van der Waals surface area (Å²) in [5, 5.41) is 1.85. The first-order valence-electron chi connectivity index (χ1n) is 7.84. The van der Waals surface area contributed by atoms with Crippen molar-refractivity contribution in [3.63, 3.8) is 0 Å². The molecule has 22 heavy (non-hydrogen) atoms. The second-order valence-corrected chi connectivity index (χ2v) is 8.72. The van der Waals surface area contributed by atoms with Gasteiger partial charge in [0.1, 0.15) is 0 Å². The summed E-state index contributed by atoms with van der Waals surface area (Å²) in [6.45, 7) is 8.25. The zero-order valence-electron chi connectivity index (χ0n) is 13.0. The van der Waals surface area contributed by atoms with Crippen molar-refractivity contribution in [2.45, 2.75) is 17.1 Å². The maximum atomic E-state index is 12.2. The van der Waals surface area contributed by atoms with E-state index in [0.717, 1.165) is 49.9 Å².